The molecule has 2 aromatic carbocycles. The topological polar surface area (TPSA) is 67.4 Å². The van der Waals surface area contributed by atoms with E-state index in [0.29, 0.717) is 27.0 Å². The van der Waals surface area contributed by atoms with Crippen molar-refractivity contribution in [1.82, 2.24) is 5.32 Å². The van der Waals surface area contributed by atoms with Crippen LogP contribution in [0.1, 0.15) is 49.4 Å². The van der Waals surface area contributed by atoms with Crippen LogP contribution in [0.15, 0.2) is 42.5 Å². The predicted octanol–water partition coefficient (Wildman–Crippen LogP) is 5.46. The number of benzene rings is 2. The third kappa shape index (κ3) is 6.12. The molecule has 0 bridgehead atoms. The van der Waals surface area contributed by atoms with Crippen molar-refractivity contribution in [2.45, 2.75) is 51.2 Å². The molecule has 0 spiro atoms. The summed E-state index contributed by atoms with van der Waals surface area (Å²) in [5.41, 5.74) is 1.16. The van der Waals surface area contributed by atoms with Gasteiger partial charge in [-0.05, 0) is 62.2 Å². The van der Waals surface area contributed by atoms with Crippen LogP contribution in [0.4, 0.5) is 5.69 Å². The summed E-state index contributed by atoms with van der Waals surface area (Å²) >= 11 is 11.9. The molecule has 0 saturated heterocycles. The smallest absolute Gasteiger partial charge is 0.265 e. The van der Waals surface area contributed by atoms with Gasteiger partial charge < -0.3 is 15.4 Å². The third-order valence-electron chi connectivity index (χ3n) is 4.92. The van der Waals surface area contributed by atoms with E-state index in [1.54, 1.807) is 49.4 Å². The van der Waals surface area contributed by atoms with Crippen LogP contribution in [-0.4, -0.2) is 24.0 Å². The molecule has 29 heavy (non-hydrogen) atoms. The second-order valence-corrected chi connectivity index (χ2v) is 8.05. The lowest BCUT2D eigenvalue weighted by Crippen LogP contribution is -2.36. The number of carbonyl (C=O) groups is 2. The van der Waals surface area contributed by atoms with E-state index < -0.39 is 6.10 Å². The van der Waals surface area contributed by atoms with E-state index >= 15 is 0 Å². The van der Waals surface area contributed by atoms with E-state index in [4.69, 9.17) is 27.9 Å². The standard InChI is InChI=1S/C22H24Cl2N2O3/c1-14(29-20-12-9-16(23)13-19(20)24)21(27)25-18-10-7-15(8-11-18)22(28)26-17-5-3-2-4-6-17/h7-14,17H,2-6H2,1H3,(H,25,27)(H,26,28). The molecular weight excluding hydrogens is 411 g/mol. The van der Waals surface area contributed by atoms with Gasteiger partial charge in [0.15, 0.2) is 6.10 Å². The van der Waals surface area contributed by atoms with Crippen molar-refractivity contribution in [1.29, 1.82) is 0 Å². The molecule has 5 nitrogen and oxygen atoms in total. The van der Waals surface area contributed by atoms with Crippen LogP contribution in [0.25, 0.3) is 0 Å². The number of anilines is 1. The van der Waals surface area contributed by atoms with Crippen molar-refractivity contribution in [2.75, 3.05) is 5.32 Å². The Hall–Kier alpha value is -2.24. The van der Waals surface area contributed by atoms with Gasteiger partial charge in [-0.1, -0.05) is 42.5 Å². The Balaban J connectivity index is 1.54. The van der Waals surface area contributed by atoms with Gasteiger partial charge in [-0.25, -0.2) is 0 Å². The van der Waals surface area contributed by atoms with Gasteiger partial charge >= 0.3 is 0 Å². The van der Waals surface area contributed by atoms with Crippen molar-refractivity contribution < 1.29 is 14.3 Å². The van der Waals surface area contributed by atoms with Crippen LogP contribution in [-0.2, 0) is 4.79 Å². The average molecular weight is 435 g/mol. The third-order valence-corrected chi connectivity index (χ3v) is 5.45. The van der Waals surface area contributed by atoms with Crippen molar-refractivity contribution in [3.05, 3.63) is 58.1 Å². The van der Waals surface area contributed by atoms with Gasteiger partial charge in [0.1, 0.15) is 5.75 Å². The molecule has 1 unspecified atom stereocenters. The molecule has 7 heteroatoms. The average Bonchev–Trinajstić information content (AvgIpc) is 2.71. The van der Waals surface area contributed by atoms with E-state index in [2.05, 4.69) is 10.6 Å². The lowest BCUT2D eigenvalue weighted by atomic mass is 9.95. The number of amides is 2. The van der Waals surface area contributed by atoms with Gasteiger partial charge in [0.2, 0.25) is 0 Å². The molecule has 154 valence electrons. The normalized spacial score (nSPS) is 15.4. The quantitative estimate of drug-likeness (QED) is 0.633. The first kappa shape index (κ1) is 21.5. The van der Waals surface area contributed by atoms with E-state index in [1.807, 2.05) is 0 Å². The molecule has 0 heterocycles. The molecule has 2 aromatic rings. The SMILES string of the molecule is CC(Oc1ccc(Cl)cc1Cl)C(=O)Nc1ccc(C(=O)NC2CCCCC2)cc1. The molecule has 1 fully saturated rings. The fourth-order valence-corrected chi connectivity index (χ4v) is 3.73. The molecule has 1 aliphatic carbocycles. The monoisotopic (exact) mass is 434 g/mol. The highest BCUT2D eigenvalue weighted by Crippen LogP contribution is 2.28. The van der Waals surface area contributed by atoms with Crippen LogP contribution in [0.5, 0.6) is 5.75 Å². The summed E-state index contributed by atoms with van der Waals surface area (Å²) in [6, 6.07) is 11.9. The Labute approximate surface area is 180 Å². The Morgan fingerprint density at radius 2 is 1.72 bits per heavy atom. The number of halogens is 2. The van der Waals surface area contributed by atoms with Gasteiger partial charge in [0.05, 0.1) is 5.02 Å². The summed E-state index contributed by atoms with van der Waals surface area (Å²) in [6.07, 6.45) is 4.88. The first-order chi connectivity index (χ1) is 13.9. The Morgan fingerprint density at radius 1 is 1.03 bits per heavy atom. The molecule has 3 rings (SSSR count). The Kier molecular flexibility index (Phi) is 7.40. The summed E-state index contributed by atoms with van der Waals surface area (Å²) in [5, 5.41) is 6.69. The van der Waals surface area contributed by atoms with E-state index in [0.717, 1.165) is 25.7 Å². The first-order valence-corrected chi connectivity index (χ1v) is 10.5. The Bertz CT molecular complexity index is 865. The molecule has 0 aliphatic heterocycles. The zero-order chi connectivity index (χ0) is 20.8. The molecule has 2 N–H and O–H groups in total. The van der Waals surface area contributed by atoms with Gasteiger partial charge in [-0.15, -0.1) is 0 Å². The Morgan fingerprint density at radius 3 is 2.38 bits per heavy atom. The molecule has 1 atom stereocenters. The predicted molar refractivity (Wildman–Crippen MR) is 116 cm³/mol. The second kappa shape index (κ2) is 9.99. The molecule has 1 aliphatic rings. The summed E-state index contributed by atoms with van der Waals surface area (Å²) in [6.45, 7) is 1.63. The molecule has 1 saturated carbocycles. The zero-order valence-electron chi connectivity index (χ0n) is 16.2. The lowest BCUT2D eigenvalue weighted by molar-refractivity contribution is -0.122. The summed E-state index contributed by atoms with van der Waals surface area (Å²) in [4.78, 5) is 24.8. The molecular formula is C22H24Cl2N2O3. The maximum absolute atomic E-state index is 12.4. The van der Waals surface area contributed by atoms with Gasteiger partial charge in [-0.3, -0.25) is 9.59 Å². The summed E-state index contributed by atoms with van der Waals surface area (Å²) in [7, 11) is 0. The second-order valence-electron chi connectivity index (χ2n) is 7.21. The number of nitrogens with one attached hydrogen (secondary N) is 2. The molecule has 0 radical (unpaired) electrons. The minimum atomic E-state index is -0.761. The minimum absolute atomic E-state index is 0.0798. The van der Waals surface area contributed by atoms with Gasteiger partial charge in [0, 0.05) is 22.3 Å². The molecule has 2 amide bonds. The number of hydrogen-bond acceptors (Lipinski definition) is 3. The number of ether oxygens (including phenoxy) is 1. The maximum atomic E-state index is 12.4. The van der Waals surface area contributed by atoms with Crippen LogP contribution in [0.3, 0.4) is 0 Å². The molecule has 0 aromatic heterocycles. The summed E-state index contributed by atoms with van der Waals surface area (Å²) in [5.74, 6) is -0.0206. The fraction of sp³-hybridized carbons (Fsp3) is 0.364. The highest BCUT2D eigenvalue weighted by atomic mass is 35.5. The van der Waals surface area contributed by atoms with E-state index in [1.165, 1.54) is 6.42 Å². The fourth-order valence-electron chi connectivity index (χ4n) is 3.28. The van der Waals surface area contributed by atoms with E-state index in [-0.39, 0.29) is 17.9 Å². The van der Waals surface area contributed by atoms with Gasteiger partial charge in [0.25, 0.3) is 11.8 Å². The van der Waals surface area contributed by atoms with Crippen LogP contribution < -0.4 is 15.4 Å². The largest absolute Gasteiger partial charge is 0.479 e. The zero-order valence-corrected chi connectivity index (χ0v) is 17.7. The van der Waals surface area contributed by atoms with E-state index in [9.17, 15) is 9.59 Å². The van der Waals surface area contributed by atoms with Crippen LogP contribution in [0, 0.1) is 0 Å². The summed E-state index contributed by atoms with van der Waals surface area (Å²) < 4.78 is 5.61. The number of carbonyl (C=O) groups excluding carboxylic acids is 2. The van der Waals surface area contributed by atoms with Crippen molar-refractivity contribution >= 4 is 40.7 Å². The van der Waals surface area contributed by atoms with Crippen molar-refractivity contribution in [3.8, 4) is 5.75 Å². The highest BCUT2D eigenvalue weighted by Gasteiger charge is 2.18. The van der Waals surface area contributed by atoms with Crippen LogP contribution in [0.2, 0.25) is 10.0 Å². The highest BCUT2D eigenvalue weighted by molar-refractivity contribution is 6.35. The number of hydrogen-bond donors (Lipinski definition) is 2. The maximum Gasteiger partial charge on any atom is 0.265 e. The minimum Gasteiger partial charge on any atom is -0.479 e. The van der Waals surface area contributed by atoms with Crippen LogP contribution >= 0.6 is 23.2 Å². The van der Waals surface area contributed by atoms with Gasteiger partial charge in [-0.2, -0.15) is 0 Å². The lowest BCUT2D eigenvalue weighted by Gasteiger charge is -2.22. The number of rotatable bonds is 6. The van der Waals surface area contributed by atoms with Crippen molar-refractivity contribution in [3.63, 3.8) is 0 Å². The van der Waals surface area contributed by atoms with Crippen molar-refractivity contribution in [2.24, 2.45) is 0 Å². The first-order valence-electron chi connectivity index (χ1n) is 9.76.